The zero-order valence-corrected chi connectivity index (χ0v) is 5.51. The fraction of sp³-hybridized carbons (Fsp3) is 0.500. The van der Waals surface area contributed by atoms with E-state index in [0.29, 0.717) is 6.41 Å². The molecule has 0 aliphatic rings. The number of halogens is 1. The minimum absolute atomic E-state index is 0.328. The first kappa shape index (κ1) is 8.23. The number of hydrogen-bond donors (Lipinski definition) is 1. The third-order valence-electron chi connectivity index (χ3n) is 0.622. The average Bonchev–Trinajstić information content (AvgIpc) is 1.87. The molecular formula is C4H6ClNO3. The molecule has 0 aromatic rings. The van der Waals surface area contributed by atoms with E-state index in [1.807, 2.05) is 5.32 Å². The molecule has 0 bridgehead atoms. The van der Waals surface area contributed by atoms with Crippen LogP contribution in [0, 0.1) is 0 Å². The van der Waals surface area contributed by atoms with Gasteiger partial charge in [0.25, 0.3) is 0 Å². The van der Waals surface area contributed by atoms with Gasteiger partial charge in [-0.25, -0.2) is 4.79 Å². The molecule has 0 radical (unpaired) electrons. The molecule has 0 aliphatic carbocycles. The summed E-state index contributed by atoms with van der Waals surface area (Å²) in [5, 5.41) is 2.01. The van der Waals surface area contributed by atoms with E-state index in [2.05, 4.69) is 4.74 Å². The van der Waals surface area contributed by atoms with Crippen molar-refractivity contribution in [1.29, 1.82) is 0 Å². The third kappa shape index (κ3) is 2.92. The molecule has 1 atom stereocenters. The molecule has 4 nitrogen and oxygen atoms in total. The molecule has 0 fully saturated rings. The fourth-order valence-electron chi connectivity index (χ4n) is 0.231. The second-order valence-electron chi connectivity index (χ2n) is 1.17. The number of carbonyl (C=O) groups excluding carboxylic acids is 2. The van der Waals surface area contributed by atoms with Crippen LogP contribution in [0.15, 0.2) is 0 Å². The van der Waals surface area contributed by atoms with E-state index in [0.717, 1.165) is 0 Å². The smallest absolute Gasteiger partial charge is 0.344 e. The maximum atomic E-state index is 10.3. The van der Waals surface area contributed by atoms with E-state index in [9.17, 15) is 9.59 Å². The second-order valence-corrected chi connectivity index (χ2v) is 1.61. The van der Waals surface area contributed by atoms with Crippen LogP contribution in [0.25, 0.3) is 0 Å². The molecule has 0 heterocycles. The molecule has 0 saturated heterocycles. The average molecular weight is 152 g/mol. The van der Waals surface area contributed by atoms with Gasteiger partial charge in [-0.3, -0.25) is 4.79 Å². The topological polar surface area (TPSA) is 55.4 Å². The summed E-state index contributed by atoms with van der Waals surface area (Å²) in [5.74, 6) is -0.677. The van der Waals surface area contributed by atoms with E-state index in [1.165, 1.54) is 7.11 Å². The first-order valence-electron chi connectivity index (χ1n) is 2.14. The van der Waals surface area contributed by atoms with Crippen molar-refractivity contribution in [2.45, 2.75) is 5.50 Å². The summed E-state index contributed by atoms with van der Waals surface area (Å²) in [6, 6.07) is 0. The monoisotopic (exact) mass is 151 g/mol. The minimum Gasteiger partial charge on any atom is -0.467 e. The highest BCUT2D eigenvalue weighted by atomic mass is 35.5. The summed E-state index contributed by atoms with van der Waals surface area (Å²) in [5.41, 5.74) is -1.08. The Hall–Kier alpha value is -0.770. The number of alkyl halides is 1. The molecule has 5 heteroatoms. The lowest BCUT2D eigenvalue weighted by molar-refractivity contribution is -0.141. The molecule has 0 aromatic heterocycles. The Labute approximate surface area is 57.1 Å². The summed E-state index contributed by atoms with van der Waals surface area (Å²) in [4.78, 5) is 20.0. The lowest BCUT2D eigenvalue weighted by Crippen LogP contribution is -2.31. The number of ether oxygens (including phenoxy) is 1. The molecule has 1 amide bonds. The first-order chi connectivity index (χ1) is 4.22. The van der Waals surface area contributed by atoms with Gasteiger partial charge in [-0.2, -0.15) is 0 Å². The van der Waals surface area contributed by atoms with Crippen LogP contribution in [-0.4, -0.2) is 25.0 Å². The lowest BCUT2D eigenvalue weighted by Gasteiger charge is -2.02. The van der Waals surface area contributed by atoms with Crippen LogP contribution >= 0.6 is 11.6 Å². The number of hydrogen-bond acceptors (Lipinski definition) is 3. The van der Waals surface area contributed by atoms with E-state index in [1.54, 1.807) is 0 Å². The molecule has 0 rings (SSSR count). The Kier molecular flexibility index (Phi) is 3.79. The van der Waals surface area contributed by atoms with Crippen molar-refractivity contribution in [2.24, 2.45) is 0 Å². The summed E-state index contributed by atoms with van der Waals surface area (Å²) < 4.78 is 4.17. The Morgan fingerprint density at radius 3 is 2.78 bits per heavy atom. The SMILES string of the molecule is COC(=O)C(Cl)NC=O. The Morgan fingerprint density at radius 2 is 2.44 bits per heavy atom. The number of carbonyl (C=O) groups is 2. The van der Waals surface area contributed by atoms with Crippen LogP contribution in [-0.2, 0) is 14.3 Å². The summed E-state index contributed by atoms with van der Waals surface area (Å²) >= 11 is 5.21. The zero-order chi connectivity index (χ0) is 7.28. The van der Waals surface area contributed by atoms with Crippen molar-refractivity contribution in [3.05, 3.63) is 0 Å². The van der Waals surface area contributed by atoms with Gasteiger partial charge in [0.05, 0.1) is 7.11 Å². The Morgan fingerprint density at radius 1 is 1.89 bits per heavy atom. The molecule has 0 spiro atoms. The van der Waals surface area contributed by atoms with E-state index in [-0.39, 0.29) is 0 Å². The van der Waals surface area contributed by atoms with Crippen molar-refractivity contribution in [2.75, 3.05) is 7.11 Å². The van der Waals surface area contributed by atoms with Gasteiger partial charge in [-0.15, -0.1) is 0 Å². The molecule has 0 aromatic carbocycles. The summed E-state index contributed by atoms with van der Waals surface area (Å²) in [7, 11) is 1.18. The van der Waals surface area contributed by atoms with Gasteiger partial charge in [0, 0.05) is 0 Å². The van der Waals surface area contributed by atoms with Crippen molar-refractivity contribution >= 4 is 24.0 Å². The highest BCUT2D eigenvalue weighted by Crippen LogP contribution is 1.90. The van der Waals surface area contributed by atoms with Gasteiger partial charge in [0.15, 0.2) is 0 Å². The lowest BCUT2D eigenvalue weighted by atomic mass is 10.6. The largest absolute Gasteiger partial charge is 0.467 e. The fourth-order valence-corrected chi connectivity index (χ4v) is 0.372. The maximum absolute atomic E-state index is 10.3. The van der Waals surface area contributed by atoms with Crippen LogP contribution < -0.4 is 5.32 Å². The Balaban J connectivity index is 3.58. The molecule has 0 aliphatic heterocycles. The normalized spacial score (nSPS) is 11.8. The van der Waals surface area contributed by atoms with Crippen LogP contribution in [0.1, 0.15) is 0 Å². The van der Waals surface area contributed by atoms with Gasteiger partial charge >= 0.3 is 5.97 Å². The van der Waals surface area contributed by atoms with Crippen molar-refractivity contribution in [3.8, 4) is 0 Å². The third-order valence-corrected chi connectivity index (χ3v) is 0.927. The highest BCUT2D eigenvalue weighted by molar-refractivity contribution is 6.30. The quantitative estimate of drug-likeness (QED) is 0.255. The van der Waals surface area contributed by atoms with Crippen LogP contribution in [0.5, 0.6) is 0 Å². The van der Waals surface area contributed by atoms with Crippen molar-refractivity contribution < 1.29 is 14.3 Å². The van der Waals surface area contributed by atoms with E-state index >= 15 is 0 Å². The second kappa shape index (κ2) is 4.14. The number of amides is 1. The number of methoxy groups -OCH3 is 1. The first-order valence-corrected chi connectivity index (χ1v) is 2.57. The predicted octanol–water partition coefficient (Wildman–Crippen LogP) is -0.530. The van der Waals surface area contributed by atoms with Gasteiger partial charge in [0.1, 0.15) is 0 Å². The molecule has 1 unspecified atom stereocenters. The van der Waals surface area contributed by atoms with Crippen LogP contribution in [0.3, 0.4) is 0 Å². The van der Waals surface area contributed by atoms with Gasteiger partial charge in [0.2, 0.25) is 11.9 Å². The van der Waals surface area contributed by atoms with Crippen LogP contribution in [0.2, 0.25) is 0 Å². The number of nitrogens with one attached hydrogen (secondary N) is 1. The number of rotatable bonds is 3. The molecule has 1 N–H and O–H groups in total. The minimum atomic E-state index is -1.08. The van der Waals surface area contributed by atoms with Crippen LogP contribution in [0.4, 0.5) is 0 Å². The zero-order valence-electron chi connectivity index (χ0n) is 4.76. The van der Waals surface area contributed by atoms with Gasteiger partial charge in [-0.1, -0.05) is 11.6 Å². The van der Waals surface area contributed by atoms with Gasteiger partial charge in [-0.05, 0) is 0 Å². The summed E-state index contributed by atoms with van der Waals surface area (Å²) in [6.45, 7) is 0. The van der Waals surface area contributed by atoms with Crippen molar-refractivity contribution in [1.82, 2.24) is 5.32 Å². The molecule has 9 heavy (non-hydrogen) atoms. The maximum Gasteiger partial charge on any atom is 0.344 e. The van der Waals surface area contributed by atoms with Crippen molar-refractivity contribution in [3.63, 3.8) is 0 Å². The predicted molar refractivity (Wildman–Crippen MR) is 30.9 cm³/mol. The number of esters is 1. The Bertz CT molecular complexity index is 116. The standard InChI is InChI=1S/C4H6ClNO3/c1-9-4(8)3(5)6-2-7/h2-3H,1H3,(H,6,7). The molecule has 0 saturated carbocycles. The van der Waals surface area contributed by atoms with E-state index < -0.39 is 11.5 Å². The molecule has 52 valence electrons. The molecular weight excluding hydrogens is 146 g/mol. The van der Waals surface area contributed by atoms with E-state index in [4.69, 9.17) is 11.6 Å². The summed E-state index contributed by atoms with van der Waals surface area (Å²) in [6.07, 6.45) is 0.328. The highest BCUT2D eigenvalue weighted by Gasteiger charge is 2.12. The van der Waals surface area contributed by atoms with Gasteiger partial charge < -0.3 is 10.1 Å².